The van der Waals surface area contributed by atoms with Crippen LogP contribution < -0.4 is 0 Å². The molecule has 3 aromatic rings. The summed E-state index contributed by atoms with van der Waals surface area (Å²) >= 11 is 5.91. The first kappa shape index (κ1) is 13.5. The van der Waals surface area contributed by atoms with Crippen molar-refractivity contribution >= 4 is 32.0 Å². The Kier molecular flexibility index (Phi) is 4.29. The third kappa shape index (κ3) is 3.17. The first-order valence-electron chi connectivity index (χ1n) is 6.23. The van der Waals surface area contributed by atoms with Gasteiger partial charge >= 0.3 is 134 Å². The summed E-state index contributed by atoms with van der Waals surface area (Å²) in [6.07, 6.45) is 0. The van der Waals surface area contributed by atoms with Gasteiger partial charge in [0.1, 0.15) is 0 Å². The Morgan fingerprint density at radius 1 is 0.850 bits per heavy atom. The van der Waals surface area contributed by atoms with E-state index in [9.17, 15) is 0 Å². The summed E-state index contributed by atoms with van der Waals surface area (Å²) in [7, 11) is 0. The van der Waals surface area contributed by atoms with E-state index < -0.39 is 0 Å². The van der Waals surface area contributed by atoms with E-state index in [0.29, 0.717) is 0 Å². The van der Waals surface area contributed by atoms with E-state index in [2.05, 4.69) is 28.1 Å². The zero-order chi connectivity index (χ0) is 13.8. The topological polar surface area (TPSA) is 0 Å². The SMILES string of the molecule is Clc1ccc(C#Cc2ccccc2)c(-c2ccc[te]2)c1. The van der Waals surface area contributed by atoms with Crippen molar-refractivity contribution in [3.05, 3.63) is 80.9 Å². The van der Waals surface area contributed by atoms with Crippen molar-refractivity contribution in [2.24, 2.45) is 0 Å². The van der Waals surface area contributed by atoms with E-state index >= 15 is 0 Å². The molecule has 0 aliphatic heterocycles. The maximum atomic E-state index is 6.13. The van der Waals surface area contributed by atoms with Crippen LogP contribution in [0.3, 0.4) is 0 Å². The summed E-state index contributed by atoms with van der Waals surface area (Å²) in [6, 6.07) is 20.3. The summed E-state index contributed by atoms with van der Waals surface area (Å²) in [5.74, 6) is 6.50. The van der Waals surface area contributed by atoms with Gasteiger partial charge in [0.25, 0.3) is 0 Å². The van der Waals surface area contributed by atoms with Gasteiger partial charge in [0.15, 0.2) is 0 Å². The average molecular weight is 390 g/mol. The molecule has 3 rings (SSSR count). The summed E-state index contributed by atoms with van der Waals surface area (Å²) in [6.45, 7) is 0. The second kappa shape index (κ2) is 6.34. The van der Waals surface area contributed by atoms with E-state index in [1.165, 1.54) is 9.14 Å². The number of halogens is 1. The molecule has 0 bridgehead atoms. The minimum atomic E-state index is -0.224. The summed E-state index contributed by atoms with van der Waals surface area (Å²) < 4.78 is 3.67. The molecule has 0 fully saturated rings. The Morgan fingerprint density at radius 3 is 2.45 bits per heavy atom. The van der Waals surface area contributed by atoms with Crippen LogP contribution in [-0.2, 0) is 0 Å². The van der Waals surface area contributed by atoms with Gasteiger partial charge in [0.2, 0.25) is 0 Å². The van der Waals surface area contributed by atoms with Crippen LogP contribution in [0.25, 0.3) is 9.14 Å². The van der Waals surface area contributed by atoms with E-state index in [-0.39, 0.29) is 20.4 Å². The fourth-order valence-electron chi connectivity index (χ4n) is 1.92. The zero-order valence-electron chi connectivity index (χ0n) is 10.6. The molecule has 0 aliphatic carbocycles. The number of hydrogen-bond acceptors (Lipinski definition) is 0. The third-order valence-corrected chi connectivity index (χ3v) is 5.70. The molecule has 0 unspecified atom stereocenters. The molecule has 0 aliphatic rings. The fraction of sp³-hybridized carbons (Fsp3) is 0. The summed E-state index contributed by atoms with van der Waals surface area (Å²) in [4.78, 5) is 0. The minimum absolute atomic E-state index is 0.224. The Balaban J connectivity index is 2.05. The quantitative estimate of drug-likeness (QED) is 0.425. The van der Waals surface area contributed by atoms with Crippen LogP contribution in [0.5, 0.6) is 0 Å². The molecule has 0 saturated heterocycles. The Labute approximate surface area is 133 Å². The standard InChI is InChI=1S/C18H11ClTe/c19-16-11-10-15(9-8-14-5-2-1-3-6-14)17(13-16)18-7-4-12-20-18/h1-7,10-13H. The maximum absolute atomic E-state index is 6.13. The monoisotopic (exact) mass is 392 g/mol. The van der Waals surface area contributed by atoms with Crippen LogP contribution >= 0.6 is 11.6 Å². The van der Waals surface area contributed by atoms with Gasteiger partial charge in [-0.05, 0) is 0 Å². The van der Waals surface area contributed by atoms with Crippen LogP contribution in [0.2, 0.25) is 5.02 Å². The zero-order valence-corrected chi connectivity index (χ0v) is 13.7. The fourth-order valence-corrected chi connectivity index (χ4v) is 4.25. The van der Waals surface area contributed by atoms with Crippen LogP contribution in [0.4, 0.5) is 0 Å². The molecule has 0 spiro atoms. The average Bonchev–Trinajstić information content (AvgIpc) is 3.01. The predicted octanol–water partition coefficient (Wildman–Crippen LogP) is 4.46. The van der Waals surface area contributed by atoms with Crippen molar-refractivity contribution in [3.8, 4) is 21.0 Å². The van der Waals surface area contributed by atoms with Gasteiger partial charge < -0.3 is 0 Å². The van der Waals surface area contributed by atoms with Gasteiger partial charge in [-0.25, -0.2) is 0 Å². The second-order valence-corrected chi connectivity index (χ2v) is 7.42. The number of benzene rings is 2. The molecular weight excluding hydrogens is 379 g/mol. The molecule has 2 aromatic carbocycles. The Bertz CT molecular complexity index is 762. The predicted molar refractivity (Wildman–Crippen MR) is 86.3 cm³/mol. The van der Waals surface area contributed by atoms with Gasteiger partial charge in [-0.2, -0.15) is 0 Å². The molecule has 0 amide bonds. The molecule has 0 N–H and O–H groups in total. The van der Waals surface area contributed by atoms with Crippen molar-refractivity contribution < 1.29 is 0 Å². The van der Waals surface area contributed by atoms with Crippen LogP contribution in [0, 0.1) is 11.8 Å². The second-order valence-electron chi connectivity index (χ2n) is 4.28. The third-order valence-electron chi connectivity index (χ3n) is 2.88. The van der Waals surface area contributed by atoms with Crippen LogP contribution in [0.1, 0.15) is 11.1 Å². The van der Waals surface area contributed by atoms with Gasteiger partial charge in [-0.3, -0.25) is 0 Å². The number of rotatable bonds is 1. The van der Waals surface area contributed by atoms with E-state index in [0.717, 1.165) is 16.1 Å². The Morgan fingerprint density at radius 2 is 1.70 bits per heavy atom. The molecule has 96 valence electrons. The van der Waals surface area contributed by atoms with Crippen molar-refractivity contribution in [1.82, 2.24) is 0 Å². The molecule has 0 atom stereocenters. The molecule has 0 saturated carbocycles. The summed E-state index contributed by atoms with van der Waals surface area (Å²) in [5.41, 5.74) is 3.27. The van der Waals surface area contributed by atoms with E-state index in [4.69, 9.17) is 11.6 Å². The van der Waals surface area contributed by atoms with Crippen molar-refractivity contribution in [3.63, 3.8) is 0 Å². The van der Waals surface area contributed by atoms with Gasteiger partial charge in [0, 0.05) is 0 Å². The van der Waals surface area contributed by atoms with Crippen molar-refractivity contribution in [2.45, 2.75) is 0 Å². The van der Waals surface area contributed by atoms with Crippen LogP contribution in [0.15, 0.2) is 64.7 Å². The Hall–Kier alpha value is -1.44. The molecule has 0 radical (unpaired) electrons. The molecule has 1 heterocycles. The van der Waals surface area contributed by atoms with Crippen LogP contribution in [-0.4, -0.2) is 20.4 Å². The van der Waals surface area contributed by atoms with Gasteiger partial charge in [-0.15, -0.1) is 0 Å². The molecule has 20 heavy (non-hydrogen) atoms. The van der Waals surface area contributed by atoms with Gasteiger partial charge in [-0.1, -0.05) is 0 Å². The first-order chi connectivity index (χ1) is 9.83. The van der Waals surface area contributed by atoms with Crippen molar-refractivity contribution in [1.29, 1.82) is 0 Å². The molecule has 0 nitrogen and oxygen atoms in total. The van der Waals surface area contributed by atoms with Crippen molar-refractivity contribution in [2.75, 3.05) is 0 Å². The summed E-state index contributed by atoms with van der Waals surface area (Å²) in [5, 5.41) is 0.769. The first-order valence-corrected chi connectivity index (χ1v) is 9.12. The molecular formula is C18H11ClTe. The molecule has 1 aromatic heterocycles. The van der Waals surface area contributed by atoms with Gasteiger partial charge in [0.05, 0.1) is 0 Å². The molecule has 2 heteroatoms. The number of hydrogen-bond donors (Lipinski definition) is 0. The van der Waals surface area contributed by atoms with E-state index in [1.54, 1.807) is 0 Å². The normalized spacial score (nSPS) is 9.85. The van der Waals surface area contributed by atoms with E-state index in [1.807, 2.05) is 48.5 Å².